The first kappa shape index (κ1) is 14.2. The summed E-state index contributed by atoms with van der Waals surface area (Å²) in [6.45, 7) is 0.842. The topological polar surface area (TPSA) is 76.0 Å². The molecular formula is C11H16N4O2S2. The van der Waals surface area contributed by atoms with E-state index in [-0.39, 0.29) is 11.4 Å². The van der Waals surface area contributed by atoms with Gasteiger partial charge in [0.2, 0.25) is 10.0 Å². The van der Waals surface area contributed by atoms with Crippen LogP contribution < -0.4 is 10.0 Å². The molecule has 0 spiro atoms. The summed E-state index contributed by atoms with van der Waals surface area (Å²) in [6.07, 6.45) is 3.26. The molecular weight excluding hydrogens is 284 g/mol. The minimum Gasteiger partial charge on any atom is -0.352 e. The molecule has 0 radical (unpaired) electrons. The van der Waals surface area contributed by atoms with Gasteiger partial charge in [0.25, 0.3) is 0 Å². The van der Waals surface area contributed by atoms with E-state index in [2.05, 4.69) is 15.0 Å². The van der Waals surface area contributed by atoms with Crippen molar-refractivity contribution in [1.82, 2.24) is 19.6 Å². The highest BCUT2D eigenvalue weighted by Crippen LogP contribution is 2.14. The lowest BCUT2D eigenvalue weighted by Crippen LogP contribution is -2.22. The van der Waals surface area contributed by atoms with Crippen LogP contribution in [0.25, 0.3) is 0 Å². The molecule has 0 amide bonds. The van der Waals surface area contributed by atoms with Gasteiger partial charge in [0.1, 0.15) is 5.01 Å². The first-order chi connectivity index (χ1) is 9.03. The van der Waals surface area contributed by atoms with E-state index in [1.54, 1.807) is 23.0 Å². The molecule has 0 bridgehead atoms. The third-order valence-corrected chi connectivity index (χ3v) is 4.80. The summed E-state index contributed by atoms with van der Waals surface area (Å²) in [7, 11) is 0.159. The Morgan fingerprint density at radius 3 is 2.84 bits per heavy atom. The molecule has 8 heteroatoms. The molecule has 0 aliphatic carbocycles. The molecule has 0 saturated heterocycles. The zero-order valence-electron chi connectivity index (χ0n) is 10.8. The molecule has 0 aliphatic rings. The van der Waals surface area contributed by atoms with Crippen molar-refractivity contribution in [1.29, 1.82) is 0 Å². The smallest absolute Gasteiger partial charge is 0.242 e. The fourth-order valence-electron chi connectivity index (χ4n) is 1.66. The molecule has 0 atom stereocenters. The van der Waals surface area contributed by atoms with Crippen molar-refractivity contribution in [2.45, 2.75) is 18.0 Å². The van der Waals surface area contributed by atoms with E-state index in [1.165, 1.54) is 11.3 Å². The molecule has 0 aromatic carbocycles. The Morgan fingerprint density at radius 2 is 2.21 bits per heavy atom. The van der Waals surface area contributed by atoms with Gasteiger partial charge in [0, 0.05) is 37.1 Å². The predicted molar refractivity (Wildman–Crippen MR) is 74.3 cm³/mol. The molecule has 2 heterocycles. The molecule has 2 rings (SSSR count). The van der Waals surface area contributed by atoms with Gasteiger partial charge >= 0.3 is 0 Å². The zero-order valence-corrected chi connectivity index (χ0v) is 12.4. The van der Waals surface area contributed by atoms with Crippen molar-refractivity contribution in [3.8, 4) is 0 Å². The molecule has 2 aromatic heterocycles. The minimum atomic E-state index is -3.49. The van der Waals surface area contributed by atoms with Crippen LogP contribution in [-0.4, -0.2) is 25.0 Å². The lowest BCUT2D eigenvalue weighted by Gasteiger charge is -2.02. The molecule has 6 nitrogen and oxygen atoms in total. The lowest BCUT2D eigenvalue weighted by molar-refractivity contribution is 0.581. The molecule has 0 aliphatic heterocycles. The second-order valence-electron chi connectivity index (χ2n) is 4.06. The van der Waals surface area contributed by atoms with Crippen LogP contribution in [0.3, 0.4) is 0 Å². The number of hydrogen-bond acceptors (Lipinski definition) is 5. The third-order valence-electron chi connectivity index (χ3n) is 2.65. The summed E-state index contributed by atoms with van der Waals surface area (Å²) in [6, 6.07) is 1.67. The summed E-state index contributed by atoms with van der Waals surface area (Å²) in [5, 5.41) is 5.56. The van der Waals surface area contributed by atoms with E-state index in [0.717, 1.165) is 10.7 Å². The van der Waals surface area contributed by atoms with E-state index < -0.39 is 10.0 Å². The number of nitrogens with zero attached hydrogens (tertiary/aromatic N) is 2. The standard InChI is InChI=1S/C11H16N4O2S2/c1-12-6-9-5-10(8-15(9)2)19(16,17)14-7-11-13-3-4-18-11/h3-5,8,12,14H,6-7H2,1-2H3. The SMILES string of the molecule is CNCc1cc(S(=O)(=O)NCc2nccs2)cn1C. The van der Waals surface area contributed by atoms with Gasteiger partial charge in [-0.15, -0.1) is 11.3 Å². The molecule has 0 unspecified atom stereocenters. The van der Waals surface area contributed by atoms with Crippen LogP contribution in [0.2, 0.25) is 0 Å². The highest BCUT2D eigenvalue weighted by molar-refractivity contribution is 7.89. The quantitative estimate of drug-likeness (QED) is 0.822. The van der Waals surface area contributed by atoms with Crippen molar-refractivity contribution in [2.24, 2.45) is 7.05 Å². The number of aromatic nitrogens is 2. The highest BCUT2D eigenvalue weighted by Gasteiger charge is 2.17. The van der Waals surface area contributed by atoms with Gasteiger partial charge in [-0.3, -0.25) is 0 Å². The van der Waals surface area contributed by atoms with Crippen molar-refractivity contribution >= 4 is 21.4 Å². The molecule has 2 aromatic rings. The zero-order chi connectivity index (χ0) is 13.9. The Morgan fingerprint density at radius 1 is 1.42 bits per heavy atom. The lowest BCUT2D eigenvalue weighted by atomic mass is 10.4. The minimum absolute atomic E-state index is 0.219. The Hall–Kier alpha value is -1.22. The van der Waals surface area contributed by atoms with Crippen LogP contribution in [0.1, 0.15) is 10.7 Å². The number of nitrogens with one attached hydrogen (secondary N) is 2. The molecule has 0 saturated carbocycles. The first-order valence-electron chi connectivity index (χ1n) is 5.71. The van der Waals surface area contributed by atoms with Crippen molar-refractivity contribution in [3.05, 3.63) is 34.5 Å². The Bertz CT molecular complexity index is 632. The van der Waals surface area contributed by atoms with E-state index in [4.69, 9.17) is 0 Å². The summed E-state index contributed by atoms with van der Waals surface area (Å²) < 4.78 is 28.6. The van der Waals surface area contributed by atoms with Crippen molar-refractivity contribution in [3.63, 3.8) is 0 Å². The van der Waals surface area contributed by atoms with E-state index in [9.17, 15) is 8.42 Å². The maximum Gasteiger partial charge on any atom is 0.242 e. The number of thiazole rings is 1. The second-order valence-corrected chi connectivity index (χ2v) is 6.80. The first-order valence-corrected chi connectivity index (χ1v) is 8.07. The van der Waals surface area contributed by atoms with Crippen molar-refractivity contribution in [2.75, 3.05) is 7.05 Å². The molecule has 104 valence electrons. The maximum absolute atomic E-state index is 12.1. The number of sulfonamides is 1. The van der Waals surface area contributed by atoms with Crippen LogP contribution in [0.15, 0.2) is 28.7 Å². The average molecular weight is 300 g/mol. The second kappa shape index (κ2) is 5.83. The third kappa shape index (κ3) is 3.41. The van der Waals surface area contributed by atoms with E-state index >= 15 is 0 Å². The van der Waals surface area contributed by atoms with Crippen LogP contribution >= 0.6 is 11.3 Å². The van der Waals surface area contributed by atoms with Crippen LogP contribution in [0.5, 0.6) is 0 Å². The Balaban J connectivity index is 2.12. The van der Waals surface area contributed by atoms with Crippen molar-refractivity contribution < 1.29 is 8.42 Å². The van der Waals surface area contributed by atoms with Gasteiger partial charge < -0.3 is 9.88 Å². The normalized spacial score (nSPS) is 11.9. The predicted octanol–water partition coefficient (Wildman–Crippen LogP) is 0.679. The largest absolute Gasteiger partial charge is 0.352 e. The van der Waals surface area contributed by atoms with Gasteiger partial charge in [-0.25, -0.2) is 18.1 Å². The summed E-state index contributed by atoms with van der Waals surface area (Å²) in [4.78, 5) is 4.32. The fraction of sp³-hybridized carbons (Fsp3) is 0.364. The number of hydrogen-bond donors (Lipinski definition) is 2. The van der Waals surface area contributed by atoms with Gasteiger partial charge in [-0.2, -0.15) is 0 Å². The monoisotopic (exact) mass is 300 g/mol. The maximum atomic E-state index is 12.1. The fourth-order valence-corrected chi connectivity index (χ4v) is 3.39. The van der Waals surface area contributed by atoms with E-state index in [1.807, 2.05) is 19.5 Å². The molecule has 19 heavy (non-hydrogen) atoms. The highest BCUT2D eigenvalue weighted by atomic mass is 32.2. The van der Waals surface area contributed by atoms with Gasteiger partial charge in [0.15, 0.2) is 0 Å². The van der Waals surface area contributed by atoms with E-state index in [0.29, 0.717) is 6.54 Å². The summed E-state index contributed by atoms with van der Waals surface area (Å²) in [5.74, 6) is 0. The van der Waals surface area contributed by atoms with Crippen LogP contribution in [0, 0.1) is 0 Å². The number of aryl methyl sites for hydroxylation is 1. The summed E-state index contributed by atoms with van der Waals surface area (Å²) in [5.41, 5.74) is 0.914. The Kier molecular flexibility index (Phi) is 4.35. The number of rotatable bonds is 6. The van der Waals surface area contributed by atoms with Crippen LogP contribution in [-0.2, 0) is 30.2 Å². The van der Waals surface area contributed by atoms with Gasteiger partial charge in [-0.1, -0.05) is 0 Å². The van der Waals surface area contributed by atoms with Crippen LogP contribution in [0.4, 0.5) is 0 Å². The summed E-state index contributed by atoms with van der Waals surface area (Å²) >= 11 is 1.42. The van der Waals surface area contributed by atoms with Gasteiger partial charge in [0.05, 0.1) is 11.4 Å². The molecule has 2 N–H and O–H groups in total. The average Bonchev–Trinajstić information content (AvgIpc) is 2.98. The van der Waals surface area contributed by atoms with Gasteiger partial charge in [-0.05, 0) is 13.1 Å². The Labute approximate surface area is 116 Å². The molecule has 0 fully saturated rings.